The van der Waals surface area contributed by atoms with Crippen molar-refractivity contribution in [2.45, 2.75) is 19.3 Å². The van der Waals surface area contributed by atoms with E-state index in [1.54, 1.807) is 6.20 Å². The van der Waals surface area contributed by atoms with Gasteiger partial charge in [-0.2, -0.15) is 0 Å². The molecule has 1 aromatic heterocycles. The summed E-state index contributed by atoms with van der Waals surface area (Å²) < 4.78 is 5.70. The van der Waals surface area contributed by atoms with Crippen LogP contribution in [-0.4, -0.2) is 22.6 Å². The molecule has 2 N–H and O–H groups in total. The van der Waals surface area contributed by atoms with E-state index in [1.165, 1.54) is 0 Å². The molecular weight excluding hydrogens is 316 g/mol. The summed E-state index contributed by atoms with van der Waals surface area (Å²) >= 11 is 0. The van der Waals surface area contributed by atoms with Gasteiger partial charge in [0.15, 0.2) is 11.7 Å². The van der Waals surface area contributed by atoms with Crippen LogP contribution < -0.4 is 5.32 Å². The van der Waals surface area contributed by atoms with E-state index in [4.69, 9.17) is 9.52 Å². The van der Waals surface area contributed by atoms with Crippen molar-refractivity contribution in [3.05, 3.63) is 72.2 Å². The molecule has 0 atom stereocenters. The molecule has 3 rings (SSSR count). The number of nitrogens with zero attached hydrogens (tertiary/aromatic N) is 1. The third-order valence-electron chi connectivity index (χ3n) is 3.82. The highest BCUT2D eigenvalue weighted by atomic mass is 16.4. The number of hydrogen-bond acceptors (Lipinski definition) is 4. The Morgan fingerprint density at radius 2 is 1.80 bits per heavy atom. The lowest BCUT2D eigenvalue weighted by Crippen LogP contribution is -2.12. The molecule has 1 heterocycles. The van der Waals surface area contributed by atoms with E-state index >= 15 is 0 Å². The summed E-state index contributed by atoms with van der Waals surface area (Å²) in [6.45, 7) is 0.118. The summed E-state index contributed by atoms with van der Waals surface area (Å²) in [4.78, 5) is 16.3. The first-order valence-electron chi connectivity index (χ1n) is 8.24. The van der Waals surface area contributed by atoms with E-state index in [0.29, 0.717) is 30.9 Å². The van der Waals surface area contributed by atoms with Crippen molar-refractivity contribution in [1.82, 2.24) is 4.98 Å². The number of nitrogens with one attached hydrogen (secondary N) is 1. The first-order valence-corrected chi connectivity index (χ1v) is 8.24. The molecule has 5 heteroatoms. The van der Waals surface area contributed by atoms with Gasteiger partial charge >= 0.3 is 0 Å². The molecule has 5 nitrogen and oxygen atoms in total. The molecule has 0 saturated carbocycles. The minimum atomic E-state index is -0.0885. The van der Waals surface area contributed by atoms with Gasteiger partial charge in [0.25, 0.3) is 0 Å². The van der Waals surface area contributed by atoms with Gasteiger partial charge in [0.2, 0.25) is 5.91 Å². The SMILES string of the molecule is O=C(CCc1ncc(-c2ccccc2)o1)Nc1ccc(CCO)cc1. The fraction of sp³-hybridized carbons (Fsp3) is 0.200. The number of aromatic nitrogens is 1. The lowest BCUT2D eigenvalue weighted by atomic mass is 10.1. The predicted octanol–water partition coefficient (Wildman–Crippen LogP) is 3.45. The molecule has 128 valence electrons. The molecule has 25 heavy (non-hydrogen) atoms. The minimum absolute atomic E-state index is 0.0885. The maximum absolute atomic E-state index is 12.1. The maximum Gasteiger partial charge on any atom is 0.224 e. The third-order valence-corrected chi connectivity index (χ3v) is 3.82. The average Bonchev–Trinajstić information content (AvgIpc) is 3.12. The Hall–Kier alpha value is -2.92. The van der Waals surface area contributed by atoms with Crippen molar-refractivity contribution < 1.29 is 14.3 Å². The topological polar surface area (TPSA) is 75.4 Å². The van der Waals surface area contributed by atoms with E-state index in [9.17, 15) is 4.79 Å². The van der Waals surface area contributed by atoms with Gasteiger partial charge in [-0.15, -0.1) is 0 Å². The number of oxazole rings is 1. The van der Waals surface area contributed by atoms with Crippen molar-refractivity contribution in [1.29, 1.82) is 0 Å². The number of carbonyl (C=O) groups excluding carboxylic acids is 1. The predicted molar refractivity (Wildman–Crippen MR) is 96.1 cm³/mol. The smallest absolute Gasteiger partial charge is 0.224 e. The molecule has 0 aliphatic rings. The summed E-state index contributed by atoms with van der Waals surface area (Å²) in [6.07, 6.45) is 3.04. The van der Waals surface area contributed by atoms with Crippen LogP contribution in [0.15, 0.2) is 65.2 Å². The van der Waals surface area contributed by atoms with Gasteiger partial charge < -0.3 is 14.8 Å². The molecular formula is C20H20N2O3. The van der Waals surface area contributed by atoms with Crippen molar-refractivity contribution in [2.75, 3.05) is 11.9 Å². The van der Waals surface area contributed by atoms with E-state index in [0.717, 1.165) is 16.8 Å². The molecule has 0 aliphatic carbocycles. The number of aliphatic hydroxyl groups excluding tert-OH is 1. The highest BCUT2D eigenvalue weighted by Crippen LogP contribution is 2.20. The second kappa shape index (κ2) is 8.26. The average molecular weight is 336 g/mol. The van der Waals surface area contributed by atoms with Crippen LogP contribution in [0.4, 0.5) is 5.69 Å². The van der Waals surface area contributed by atoms with Crippen molar-refractivity contribution >= 4 is 11.6 Å². The van der Waals surface area contributed by atoms with Crippen molar-refractivity contribution in [2.24, 2.45) is 0 Å². The molecule has 0 spiro atoms. The number of aliphatic hydroxyl groups is 1. The number of anilines is 1. The zero-order chi connectivity index (χ0) is 17.5. The van der Waals surface area contributed by atoms with Gasteiger partial charge in [-0.1, -0.05) is 42.5 Å². The van der Waals surface area contributed by atoms with E-state index in [1.807, 2.05) is 54.6 Å². The Balaban J connectivity index is 1.51. The fourth-order valence-corrected chi connectivity index (χ4v) is 2.49. The number of hydrogen-bond donors (Lipinski definition) is 2. The lowest BCUT2D eigenvalue weighted by Gasteiger charge is -2.05. The fourth-order valence-electron chi connectivity index (χ4n) is 2.49. The largest absolute Gasteiger partial charge is 0.441 e. The number of carbonyl (C=O) groups is 1. The second-order valence-electron chi connectivity index (χ2n) is 5.70. The zero-order valence-corrected chi connectivity index (χ0v) is 13.8. The number of rotatable bonds is 7. The Morgan fingerprint density at radius 3 is 2.52 bits per heavy atom. The van der Waals surface area contributed by atoms with Gasteiger partial charge in [-0.3, -0.25) is 4.79 Å². The maximum atomic E-state index is 12.1. The molecule has 0 aliphatic heterocycles. The molecule has 1 amide bonds. The van der Waals surface area contributed by atoms with Gasteiger partial charge in [0.1, 0.15) is 0 Å². The van der Waals surface area contributed by atoms with Crippen LogP contribution in [0.3, 0.4) is 0 Å². The van der Waals surface area contributed by atoms with Gasteiger partial charge in [0, 0.05) is 30.7 Å². The molecule has 0 unspecified atom stereocenters. The zero-order valence-electron chi connectivity index (χ0n) is 13.8. The Labute approximate surface area is 146 Å². The van der Waals surface area contributed by atoms with Crippen LogP contribution >= 0.6 is 0 Å². The summed E-state index contributed by atoms with van der Waals surface area (Å²) in [6, 6.07) is 17.2. The van der Waals surface area contributed by atoms with Crippen molar-refractivity contribution in [3.8, 4) is 11.3 Å². The molecule has 3 aromatic rings. The molecule has 2 aromatic carbocycles. The standard InChI is InChI=1S/C20H20N2O3/c23-13-12-15-6-8-17(9-7-15)22-19(24)10-11-20-21-14-18(25-20)16-4-2-1-3-5-16/h1-9,14,23H,10-13H2,(H,22,24). The van der Waals surface area contributed by atoms with E-state index in [2.05, 4.69) is 10.3 Å². The van der Waals surface area contributed by atoms with Gasteiger partial charge in [0.05, 0.1) is 6.20 Å². The van der Waals surface area contributed by atoms with Gasteiger partial charge in [-0.25, -0.2) is 4.98 Å². The Kier molecular flexibility index (Phi) is 5.59. The quantitative estimate of drug-likeness (QED) is 0.693. The van der Waals surface area contributed by atoms with E-state index < -0.39 is 0 Å². The highest BCUT2D eigenvalue weighted by molar-refractivity contribution is 5.90. The summed E-state index contributed by atoms with van der Waals surface area (Å²) in [5, 5.41) is 11.8. The van der Waals surface area contributed by atoms with Crippen molar-refractivity contribution in [3.63, 3.8) is 0 Å². The normalized spacial score (nSPS) is 10.6. The second-order valence-corrected chi connectivity index (χ2v) is 5.70. The Morgan fingerprint density at radius 1 is 1.04 bits per heavy atom. The van der Waals surface area contributed by atoms with Crippen LogP contribution in [0, 0.1) is 0 Å². The molecule has 0 radical (unpaired) electrons. The first kappa shape index (κ1) is 16.9. The van der Waals surface area contributed by atoms with Crippen LogP contribution in [0.25, 0.3) is 11.3 Å². The minimum Gasteiger partial charge on any atom is -0.441 e. The lowest BCUT2D eigenvalue weighted by molar-refractivity contribution is -0.116. The number of amides is 1. The number of aryl methyl sites for hydroxylation is 1. The molecule has 0 bridgehead atoms. The molecule has 0 fully saturated rings. The third kappa shape index (κ3) is 4.78. The molecule has 0 saturated heterocycles. The van der Waals surface area contributed by atoms with Crippen LogP contribution in [-0.2, 0) is 17.6 Å². The first-order chi connectivity index (χ1) is 12.2. The highest BCUT2D eigenvalue weighted by Gasteiger charge is 2.09. The summed E-state index contributed by atoms with van der Waals surface area (Å²) in [5.41, 5.74) is 2.74. The van der Waals surface area contributed by atoms with Gasteiger partial charge in [-0.05, 0) is 24.1 Å². The number of benzene rings is 2. The van der Waals surface area contributed by atoms with Crippen LogP contribution in [0.2, 0.25) is 0 Å². The van der Waals surface area contributed by atoms with E-state index in [-0.39, 0.29) is 12.5 Å². The monoisotopic (exact) mass is 336 g/mol. The Bertz CT molecular complexity index is 810. The summed E-state index contributed by atoms with van der Waals surface area (Å²) in [7, 11) is 0. The van der Waals surface area contributed by atoms with Crippen LogP contribution in [0.1, 0.15) is 17.9 Å². The van der Waals surface area contributed by atoms with Crippen LogP contribution in [0.5, 0.6) is 0 Å². The summed E-state index contributed by atoms with van der Waals surface area (Å²) in [5.74, 6) is 1.16.